The van der Waals surface area contributed by atoms with Gasteiger partial charge in [-0.05, 0) is 30.9 Å². The summed E-state index contributed by atoms with van der Waals surface area (Å²) in [6, 6.07) is 2.01. The maximum absolute atomic E-state index is 14.8. The number of fused-ring (bicyclic) bond motifs is 5. The Labute approximate surface area is 209 Å². The van der Waals surface area contributed by atoms with E-state index in [0.29, 0.717) is 6.07 Å². The third-order valence-corrected chi connectivity index (χ3v) is 7.85. The van der Waals surface area contributed by atoms with Crippen molar-refractivity contribution < 1.29 is 41.4 Å². The van der Waals surface area contributed by atoms with Gasteiger partial charge in [0.15, 0.2) is 17.2 Å². The first kappa shape index (κ1) is 24.6. The number of rotatable bonds is 2. The SMILES string of the molecule is CC[C@@]1(O)C(=O)OCc2c1cc1n(c2=O)Cc2c-1nc1cc(F)c(F)c3c1c2C(N)(C(=O)C(F)(F)F)CC3. The highest BCUT2D eigenvalue weighted by atomic mass is 19.4. The molecule has 1 aliphatic carbocycles. The lowest BCUT2D eigenvalue weighted by molar-refractivity contribution is -0.177. The fourth-order valence-electron chi connectivity index (χ4n) is 5.92. The Bertz CT molecular complexity index is 1700. The summed E-state index contributed by atoms with van der Waals surface area (Å²) in [5.74, 6) is -5.82. The Morgan fingerprint density at radius 1 is 1.21 bits per heavy atom. The van der Waals surface area contributed by atoms with Gasteiger partial charge >= 0.3 is 12.1 Å². The lowest BCUT2D eigenvalue weighted by atomic mass is 9.72. The Balaban J connectivity index is 1.73. The number of hydrogen-bond donors (Lipinski definition) is 2. The minimum Gasteiger partial charge on any atom is -0.458 e. The lowest BCUT2D eigenvalue weighted by Gasteiger charge is -2.36. The van der Waals surface area contributed by atoms with Crippen molar-refractivity contribution in [2.45, 2.75) is 56.7 Å². The van der Waals surface area contributed by atoms with Crippen LogP contribution in [0.1, 0.15) is 47.6 Å². The molecule has 0 amide bonds. The Morgan fingerprint density at radius 3 is 2.58 bits per heavy atom. The standard InChI is InChI=1S/C25H18F5N3O5/c1-2-24(37)12-5-15-19-10(7-33(15)20(34)11(12)8-38-22(24)36)17-16-9(18(27)13(26)6-14(16)32-19)3-4-23(17,31)21(35)25(28,29)30/h5-6,37H,2-4,7-8,31H2,1H3/t23?,24-/m0/s1. The maximum atomic E-state index is 14.8. The number of carbonyl (C=O) groups is 2. The van der Waals surface area contributed by atoms with Crippen LogP contribution in [0.25, 0.3) is 22.3 Å². The van der Waals surface area contributed by atoms with Crippen molar-refractivity contribution in [2.75, 3.05) is 0 Å². The third-order valence-electron chi connectivity index (χ3n) is 7.85. The molecule has 0 radical (unpaired) electrons. The number of hydrogen-bond acceptors (Lipinski definition) is 7. The van der Waals surface area contributed by atoms with Crippen LogP contribution >= 0.6 is 0 Å². The van der Waals surface area contributed by atoms with Crippen molar-refractivity contribution in [3.05, 3.63) is 61.9 Å². The number of Topliss-reactive ketones (excluding diaryl/α,β-unsaturated/α-hetero) is 1. The van der Waals surface area contributed by atoms with E-state index in [1.54, 1.807) is 0 Å². The molecular formula is C25H18F5N3O5. The molecule has 3 N–H and O–H groups in total. The number of esters is 1. The van der Waals surface area contributed by atoms with E-state index in [0.717, 1.165) is 4.57 Å². The van der Waals surface area contributed by atoms with Crippen molar-refractivity contribution in [1.29, 1.82) is 0 Å². The number of aliphatic hydroxyl groups is 1. The van der Waals surface area contributed by atoms with E-state index < -0.39 is 65.7 Å². The molecule has 2 aromatic heterocycles. The van der Waals surface area contributed by atoms with Crippen LogP contribution in [0.4, 0.5) is 22.0 Å². The molecule has 2 aliphatic heterocycles. The molecule has 0 fully saturated rings. The summed E-state index contributed by atoms with van der Waals surface area (Å²) in [6.45, 7) is 0.674. The molecular weight excluding hydrogens is 517 g/mol. The Hall–Kier alpha value is -3.71. The molecule has 2 atom stereocenters. The number of aromatic nitrogens is 2. The smallest absolute Gasteiger partial charge is 0.452 e. The number of cyclic esters (lactones) is 1. The van der Waals surface area contributed by atoms with Crippen LogP contribution in [0.5, 0.6) is 0 Å². The topological polar surface area (TPSA) is 125 Å². The van der Waals surface area contributed by atoms with Gasteiger partial charge in [0, 0.05) is 28.1 Å². The number of nitrogens with two attached hydrogens (primary N) is 1. The van der Waals surface area contributed by atoms with E-state index in [1.807, 2.05) is 0 Å². The Morgan fingerprint density at radius 2 is 1.92 bits per heavy atom. The molecule has 3 aliphatic rings. The molecule has 1 aromatic carbocycles. The van der Waals surface area contributed by atoms with Gasteiger partial charge in [-0.15, -0.1) is 0 Å². The maximum Gasteiger partial charge on any atom is 0.452 e. The zero-order valence-electron chi connectivity index (χ0n) is 19.6. The van der Waals surface area contributed by atoms with Gasteiger partial charge in [-0.1, -0.05) is 6.92 Å². The number of benzene rings is 1. The zero-order valence-corrected chi connectivity index (χ0v) is 19.6. The molecule has 1 unspecified atom stereocenters. The molecule has 13 heteroatoms. The number of carbonyl (C=O) groups excluding carboxylic acids is 2. The van der Waals surface area contributed by atoms with Crippen molar-refractivity contribution >= 4 is 22.7 Å². The van der Waals surface area contributed by atoms with Crippen molar-refractivity contribution in [3.63, 3.8) is 0 Å². The number of aryl methyl sites for hydroxylation is 1. The van der Waals surface area contributed by atoms with Gasteiger partial charge in [0.2, 0.25) is 0 Å². The zero-order chi connectivity index (χ0) is 27.5. The first-order chi connectivity index (χ1) is 17.7. The van der Waals surface area contributed by atoms with E-state index in [2.05, 4.69) is 4.98 Å². The molecule has 8 nitrogen and oxygen atoms in total. The van der Waals surface area contributed by atoms with E-state index in [-0.39, 0.29) is 63.1 Å². The number of alkyl halides is 3. The average molecular weight is 535 g/mol. The second-order valence-electron chi connectivity index (χ2n) is 9.76. The summed E-state index contributed by atoms with van der Waals surface area (Å²) in [5, 5.41) is 10.8. The molecule has 4 heterocycles. The van der Waals surface area contributed by atoms with Gasteiger partial charge in [0.25, 0.3) is 11.3 Å². The molecule has 0 saturated carbocycles. The number of ketones is 1. The third kappa shape index (κ3) is 2.91. The van der Waals surface area contributed by atoms with Crippen LogP contribution in [-0.2, 0) is 45.0 Å². The highest BCUT2D eigenvalue weighted by Gasteiger charge is 2.55. The molecule has 38 heavy (non-hydrogen) atoms. The van der Waals surface area contributed by atoms with E-state index in [4.69, 9.17) is 10.5 Å². The molecule has 0 spiro atoms. The van der Waals surface area contributed by atoms with Crippen molar-refractivity contribution in [1.82, 2.24) is 9.55 Å². The summed E-state index contributed by atoms with van der Waals surface area (Å²) in [4.78, 5) is 42.8. The fraction of sp³-hybridized carbons (Fsp3) is 0.360. The fourth-order valence-corrected chi connectivity index (χ4v) is 5.92. The highest BCUT2D eigenvalue weighted by molar-refractivity contribution is 6.02. The summed E-state index contributed by atoms with van der Waals surface area (Å²) in [6.07, 6.45) is -6.60. The number of halogens is 5. The summed E-state index contributed by atoms with van der Waals surface area (Å²) in [5.41, 5.74) is -0.408. The lowest BCUT2D eigenvalue weighted by Crippen LogP contribution is -2.53. The van der Waals surface area contributed by atoms with E-state index >= 15 is 0 Å². The van der Waals surface area contributed by atoms with Crippen LogP contribution in [0.15, 0.2) is 16.9 Å². The van der Waals surface area contributed by atoms with Gasteiger partial charge in [-0.3, -0.25) is 9.59 Å². The first-order valence-electron chi connectivity index (χ1n) is 11.7. The van der Waals surface area contributed by atoms with Gasteiger partial charge in [0.1, 0.15) is 12.1 Å². The largest absolute Gasteiger partial charge is 0.458 e. The molecule has 0 bridgehead atoms. The van der Waals surface area contributed by atoms with Gasteiger partial charge in [-0.25, -0.2) is 18.6 Å². The van der Waals surface area contributed by atoms with Gasteiger partial charge < -0.3 is 20.1 Å². The average Bonchev–Trinajstić information content (AvgIpc) is 3.23. The summed E-state index contributed by atoms with van der Waals surface area (Å²) >= 11 is 0. The predicted octanol–water partition coefficient (Wildman–Crippen LogP) is 2.59. The van der Waals surface area contributed by atoms with Crippen LogP contribution in [0.3, 0.4) is 0 Å². The second kappa shape index (κ2) is 7.44. The number of nitrogens with zero attached hydrogens (tertiary/aromatic N) is 2. The summed E-state index contributed by atoms with van der Waals surface area (Å²) in [7, 11) is 0. The van der Waals surface area contributed by atoms with Crippen LogP contribution in [0.2, 0.25) is 0 Å². The highest BCUT2D eigenvalue weighted by Crippen LogP contribution is 2.48. The Kier molecular flexibility index (Phi) is 4.82. The van der Waals surface area contributed by atoms with Gasteiger partial charge in [0.05, 0.1) is 29.0 Å². The van der Waals surface area contributed by atoms with Crippen LogP contribution in [0, 0.1) is 11.6 Å². The summed E-state index contributed by atoms with van der Waals surface area (Å²) < 4.78 is 76.6. The molecule has 6 rings (SSSR count). The molecule has 198 valence electrons. The number of ether oxygens (including phenoxy) is 1. The predicted molar refractivity (Wildman–Crippen MR) is 120 cm³/mol. The second-order valence-corrected chi connectivity index (χ2v) is 9.76. The van der Waals surface area contributed by atoms with E-state index in [9.17, 15) is 41.4 Å². The molecule has 0 saturated heterocycles. The normalized spacial score (nSPS) is 23.6. The monoisotopic (exact) mass is 535 g/mol. The van der Waals surface area contributed by atoms with Gasteiger partial charge in [-0.2, -0.15) is 13.2 Å². The van der Waals surface area contributed by atoms with E-state index in [1.165, 1.54) is 13.0 Å². The minimum absolute atomic E-state index is 0.0159. The molecule has 3 aromatic rings. The van der Waals surface area contributed by atoms with Crippen LogP contribution in [-0.4, -0.2) is 32.6 Å². The minimum atomic E-state index is -5.34. The van der Waals surface area contributed by atoms with Crippen LogP contribution < -0.4 is 11.3 Å². The van der Waals surface area contributed by atoms with Crippen molar-refractivity contribution in [3.8, 4) is 11.4 Å². The quantitative estimate of drug-likeness (QED) is 0.299. The number of pyridine rings is 2. The van der Waals surface area contributed by atoms with Crippen molar-refractivity contribution in [2.24, 2.45) is 5.73 Å². The first-order valence-corrected chi connectivity index (χ1v) is 11.7.